The second-order valence-electron chi connectivity index (χ2n) is 5.56. The number of amides is 1. The number of carboxylic acids is 1. The van der Waals surface area contributed by atoms with Crippen molar-refractivity contribution in [3.05, 3.63) is 0 Å². The molecular weight excluding hydrogens is 274 g/mol. The number of carbonyl (C=O) groups is 2. The normalized spacial score (nSPS) is 21.9. The van der Waals surface area contributed by atoms with Gasteiger partial charge in [0.25, 0.3) is 0 Å². The Balaban J connectivity index is 2.84. The van der Waals surface area contributed by atoms with Gasteiger partial charge in [-0.15, -0.1) is 0 Å². The second kappa shape index (κ2) is 5.36. The van der Waals surface area contributed by atoms with E-state index < -0.39 is 40.1 Å². The zero-order valence-electron chi connectivity index (χ0n) is 11.2. The van der Waals surface area contributed by atoms with Gasteiger partial charge in [-0.2, -0.15) is 0 Å². The van der Waals surface area contributed by atoms with E-state index in [1.165, 1.54) is 0 Å². The van der Waals surface area contributed by atoms with E-state index in [2.05, 4.69) is 0 Å². The largest absolute Gasteiger partial charge is 0.480 e. The summed E-state index contributed by atoms with van der Waals surface area (Å²) in [5.74, 6) is -1.44. The molecule has 1 amide bonds. The number of carbonyl (C=O) groups excluding carboxylic acids is 1. The third-order valence-corrected chi connectivity index (χ3v) is 4.33. The molecule has 0 spiro atoms. The van der Waals surface area contributed by atoms with Crippen LogP contribution < -0.4 is 0 Å². The maximum Gasteiger partial charge on any atom is 0.411 e. The van der Waals surface area contributed by atoms with Crippen LogP contribution in [0.3, 0.4) is 0 Å². The molecule has 0 aromatic heterocycles. The third-order valence-electron chi connectivity index (χ3n) is 2.58. The molecule has 1 heterocycles. The van der Waals surface area contributed by atoms with Gasteiger partial charge < -0.3 is 9.84 Å². The molecule has 0 aliphatic carbocycles. The first-order valence-corrected chi connectivity index (χ1v) is 7.74. The van der Waals surface area contributed by atoms with Crippen LogP contribution in [0.1, 0.15) is 27.2 Å². The van der Waals surface area contributed by atoms with Crippen LogP contribution in [0.15, 0.2) is 0 Å². The van der Waals surface area contributed by atoms with Gasteiger partial charge in [-0.3, -0.25) is 9.69 Å². The predicted octanol–water partition coefficient (Wildman–Crippen LogP) is 0.495. The van der Waals surface area contributed by atoms with E-state index in [0.29, 0.717) is 0 Å². The van der Waals surface area contributed by atoms with E-state index in [1.54, 1.807) is 20.8 Å². The Bertz CT molecular complexity index is 464. The highest BCUT2D eigenvalue weighted by atomic mass is 32.2. The van der Waals surface area contributed by atoms with Crippen LogP contribution in [0.25, 0.3) is 0 Å². The Morgan fingerprint density at radius 3 is 2.32 bits per heavy atom. The fourth-order valence-electron chi connectivity index (χ4n) is 1.83. The van der Waals surface area contributed by atoms with E-state index in [-0.39, 0.29) is 17.9 Å². The lowest BCUT2D eigenvalue weighted by molar-refractivity contribution is -0.138. The summed E-state index contributed by atoms with van der Waals surface area (Å²) >= 11 is 0. The van der Waals surface area contributed by atoms with Gasteiger partial charge in [-0.1, -0.05) is 0 Å². The lowest BCUT2D eigenvalue weighted by atomic mass is 10.2. The van der Waals surface area contributed by atoms with Gasteiger partial charge in [0, 0.05) is 0 Å². The molecule has 0 aromatic carbocycles. The van der Waals surface area contributed by atoms with E-state index >= 15 is 0 Å². The van der Waals surface area contributed by atoms with E-state index in [1.807, 2.05) is 0 Å². The van der Waals surface area contributed by atoms with E-state index in [9.17, 15) is 18.0 Å². The van der Waals surface area contributed by atoms with Gasteiger partial charge >= 0.3 is 12.1 Å². The Morgan fingerprint density at radius 1 is 1.37 bits per heavy atom. The molecular formula is C11H19NO6S. The summed E-state index contributed by atoms with van der Waals surface area (Å²) in [6.07, 6.45) is -0.550. The van der Waals surface area contributed by atoms with Crippen molar-refractivity contribution >= 4 is 21.9 Å². The van der Waals surface area contributed by atoms with Gasteiger partial charge in [-0.05, 0) is 27.2 Å². The molecule has 7 nitrogen and oxygen atoms in total. The molecule has 1 unspecified atom stereocenters. The summed E-state index contributed by atoms with van der Waals surface area (Å²) in [6, 6.07) is -0.629. The zero-order valence-corrected chi connectivity index (χ0v) is 12.1. The van der Waals surface area contributed by atoms with Crippen LogP contribution in [-0.2, 0) is 19.4 Å². The maximum absolute atomic E-state index is 11.9. The highest BCUT2D eigenvalue weighted by Crippen LogP contribution is 2.20. The molecule has 1 atom stereocenters. The van der Waals surface area contributed by atoms with Crippen LogP contribution in [0.2, 0.25) is 0 Å². The molecule has 0 radical (unpaired) electrons. The molecule has 1 aliphatic heterocycles. The molecule has 0 saturated carbocycles. The molecule has 110 valence electrons. The topological polar surface area (TPSA) is 101 Å². The van der Waals surface area contributed by atoms with Gasteiger partial charge in [0.1, 0.15) is 12.1 Å². The monoisotopic (exact) mass is 293 g/mol. The molecule has 0 aromatic rings. The highest BCUT2D eigenvalue weighted by Gasteiger charge is 2.37. The number of rotatable bonds is 3. The van der Waals surface area contributed by atoms with Gasteiger partial charge in [0.15, 0.2) is 9.84 Å². The van der Waals surface area contributed by atoms with Crippen LogP contribution in [-0.4, -0.2) is 60.2 Å². The summed E-state index contributed by atoms with van der Waals surface area (Å²) < 4.78 is 27.9. The minimum absolute atomic E-state index is 0.0312. The molecule has 1 N–H and O–H groups in total. The molecule has 1 aliphatic rings. The average Bonchev–Trinajstić information content (AvgIpc) is 2.52. The lowest BCUT2D eigenvalue weighted by Crippen LogP contribution is -2.46. The number of ether oxygens (including phenoxy) is 1. The van der Waals surface area contributed by atoms with Crippen molar-refractivity contribution in [2.45, 2.75) is 38.8 Å². The lowest BCUT2D eigenvalue weighted by Gasteiger charge is -2.29. The molecule has 19 heavy (non-hydrogen) atoms. The predicted molar refractivity (Wildman–Crippen MR) is 67.6 cm³/mol. The van der Waals surface area contributed by atoms with E-state index in [0.717, 1.165) is 4.90 Å². The fourth-order valence-corrected chi connectivity index (χ4v) is 3.56. The summed E-state index contributed by atoms with van der Waals surface area (Å²) in [6.45, 7) is 4.43. The summed E-state index contributed by atoms with van der Waals surface area (Å²) in [5.41, 5.74) is -0.759. The van der Waals surface area contributed by atoms with Gasteiger partial charge in [0.05, 0.1) is 17.5 Å². The van der Waals surface area contributed by atoms with Gasteiger partial charge in [-0.25, -0.2) is 13.2 Å². The van der Waals surface area contributed by atoms with Crippen LogP contribution in [0, 0.1) is 0 Å². The SMILES string of the molecule is CC(C)(C)OC(=O)N(CC(=O)O)C1CCS(=O)(=O)C1. The number of hydrogen-bond acceptors (Lipinski definition) is 5. The van der Waals surface area contributed by atoms with Crippen LogP contribution in [0.5, 0.6) is 0 Å². The Kier molecular flexibility index (Phi) is 4.44. The Labute approximate surface area is 112 Å². The smallest absolute Gasteiger partial charge is 0.411 e. The fraction of sp³-hybridized carbons (Fsp3) is 0.818. The maximum atomic E-state index is 11.9. The summed E-state index contributed by atoms with van der Waals surface area (Å²) in [5, 5.41) is 8.82. The highest BCUT2D eigenvalue weighted by molar-refractivity contribution is 7.91. The van der Waals surface area contributed by atoms with Crippen molar-refractivity contribution in [3.63, 3.8) is 0 Å². The standard InChI is InChI=1S/C11H19NO6S/c1-11(2,3)18-10(15)12(6-9(13)14)8-4-5-19(16,17)7-8/h8H,4-7H2,1-3H3,(H,13,14). The van der Waals surface area contributed by atoms with Crippen LogP contribution >= 0.6 is 0 Å². The quantitative estimate of drug-likeness (QED) is 0.813. The summed E-state index contributed by atoms with van der Waals surface area (Å²) in [7, 11) is -3.20. The zero-order chi connectivity index (χ0) is 14.8. The van der Waals surface area contributed by atoms with E-state index in [4.69, 9.17) is 9.84 Å². The van der Waals surface area contributed by atoms with Crippen molar-refractivity contribution < 1.29 is 27.9 Å². The molecule has 1 rings (SSSR count). The third kappa shape index (κ3) is 5.06. The van der Waals surface area contributed by atoms with Crippen LogP contribution in [0.4, 0.5) is 4.79 Å². The first-order valence-electron chi connectivity index (χ1n) is 5.92. The van der Waals surface area contributed by atoms with Crippen molar-refractivity contribution in [1.82, 2.24) is 4.90 Å². The van der Waals surface area contributed by atoms with Crippen molar-refractivity contribution in [3.8, 4) is 0 Å². The second-order valence-corrected chi connectivity index (χ2v) is 7.79. The minimum atomic E-state index is -3.20. The average molecular weight is 293 g/mol. The molecule has 1 fully saturated rings. The Morgan fingerprint density at radius 2 is 1.95 bits per heavy atom. The molecule has 8 heteroatoms. The first-order chi connectivity index (χ1) is 8.50. The minimum Gasteiger partial charge on any atom is -0.480 e. The number of sulfone groups is 1. The van der Waals surface area contributed by atoms with Gasteiger partial charge in [0.2, 0.25) is 0 Å². The Hall–Kier alpha value is -1.31. The van der Waals surface area contributed by atoms with Crippen molar-refractivity contribution in [2.75, 3.05) is 18.1 Å². The first kappa shape index (κ1) is 15.7. The number of carboxylic acid groups (broad SMARTS) is 1. The number of nitrogens with zero attached hydrogens (tertiary/aromatic N) is 1. The van der Waals surface area contributed by atoms with Crippen molar-refractivity contribution in [2.24, 2.45) is 0 Å². The number of aliphatic carboxylic acids is 1. The number of hydrogen-bond donors (Lipinski definition) is 1. The molecule has 0 bridgehead atoms. The summed E-state index contributed by atoms with van der Waals surface area (Å²) in [4.78, 5) is 23.7. The molecule has 1 saturated heterocycles. The van der Waals surface area contributed by atoms with Crippen molar-refractivity contribution in [1.29, 1.82) is 0 Å².